The molecule has 14 heavy (non-hydrogen) atoms. The maximum atomic E-state index is 11.6. The summed E-state index contributed by atoms with van der Waals surface area (Å²) in [6.07, 6.45) is 2.46. The molecule has 2 atom stereocenters. The molecule has 0 aromatic rings. The third-order valence-electron chi connectivity index (χ3n) is 3.07. The van der Waals surface area contributed by atoms with Gasteiger partial charge in [0.15, 0.2) is 0 Å². The summed E-state index contributed by atoms with van der Waals surface area (Å²) in [6.45, 7) is 6.95. The SMILES string of the molecule is CC(C)[C@H]1CO[C@]2(C)CC=C([O-])N12.[Li+]. The van der Waals surface area contributed by atoms with E-state index in [9.17, 15) is 5.11 Å². The number of ether oxygens (including phenoxy) is 1. The van der Waals surface area contributed by atoms with Crippen LogP contribution in [-0.4, -0.2) is 23.3 Å². The van der Waals surface area contributed by atoms with Crippen LogP contribution in [0.4, 0.5) is 0 Å². The first-order valence-corrected chi connectivity index (χ1v) is 4.85. The van der Waals surface area contributed by atoms with E-state index in [1.807, 2.05) is 11.8 Å². The van der Waals surface area contributed by atoms with Crippen LogP contribution in [0.15, 0.2) is 12.0 Å². The van der Waals surface area contributed by atoms with Crippen molar-refractivity contribution >= 4 is 0 Å². The van der Waals surface area contributed by atoms with Gasteiger partial charge in [-0.3, -0.25) is 0 Å². The minimum atomic E-state index is -0.341. The van der Waals surface area contributed by atoms with Gasteiger partial charge in [-0.15, -0.1) is 0 Å². The fourth-order valence-electron chi connectivity index (χ4n) is 2.18. The average molecular weight is 189 g/mol. The van der Waals surface area contributed by atoms with Gasteiger partial charge in [0, 0.05) is 6.42 Å². The summed E-state index contributed by atoms with van der Waals surface area (Å²) < 4.78 is 5.68. The summed E-state index contributed by atoms with van der Waals surface area (Å²) in [5.74, 6) is 0.607. The first kappa shape index (κ1) is 12.0. The van der Waals surface area contributed by atoms with Crippen LogP contribution in [0.1, 0.15) is 27.2 Å². The van der Waals surface area contributed by atoms with E-state index < -0.39 is 0 Å². The average Bonchev–Trinajstić information content (AvgIpc) is 2.50. The Labute approximate surface area is 97.3 Å². The maximum Gasteiger partial charge on any atom is 1.00 e. The molecule has 2 heterocycles. The smallest absolute Gasteiger partial charge is 0.860 e. The Morgan fingerprint density at radius 1 is 1.64 bits per heavy atom. The standard InChI is InChI=1S/C10H17NO2.Li/c1-7(2)8-6-13-10(3)5-4-9(12)11(8)10;/h4,7-8,12H,5-6H2,1-3H3;/q;+1/p-1/t8-,10-;/m1./s1. The first-order valence-electron chi connectivity index (χ1n) is 4.85. The molecule has 2 rings (SSSR count). The summed E-state index contributed by atoms with van der Waals surface area (Å²) in [4.78, 5) is 1.90. The molecule has 0 radical (unpaired) electrons. The number of hydrogen-bond acceptors (Lipinski definition) is 3. The van der Waals surface area contributed by atoms with Crippen LogP contribution < -0.4 is 24.0 Å². The van der Waals surface area contributed by atoms with Crippen molar-refractivity contribution in [1.82, 2.24) is 4.90 Å². The monoisotopic (exact) mass is 189 g/mol. The summed E-state index contributed by atoms with van der Waals surface area (Å²) in [7, 11) is 0. The van der Waals surface area contributed by atoms with E-state index >= 15 is 0 Å². The van der Waals surface area contributed by atoms with Crippen molar-refractivity contribution in [2.45, 2.75) is 39.0 Å². The Morgan fingerprint density at radius 2 is 2.29 bits per heavy atom. The third kappa shape index (κ3) is 1.58. The molecule has 0 aliphatic carbocycles. The first-order chi connectivity index (χ1) is 6.04. The predicted octanol–water partition coefficient (Wildman–Crippen LogP) is -2.33. The van der Waals surface area contributed by atoms with E-state index in [2.05, 4.69) is 13.8 Å². The van der Waals surface area contributed by atoms with Crippen LogP contribution >= 0.6 is 0 Å². The van der Waals surface area contributed by atoms with E-state index in [1.54, 1.807) is 6.08 Å². The summed E-state index contributed by atoms with van der Waals surface area (Å²) in [6, 6.07) is 0.260. The molecule has 0 saturated carbocycles. The van der Waals surface area contributed by atoms with Crippen LogP contribution in [0.2, 0.25) is 0 Å². The molecular formula is C10H16LiNO2. The fraction of sp³-hybridized carbons (Fsp3) is 0.800. The second kappa shape index (κ2) is 3.81. The number of rotatable bonds is 1. The van der Waals surface area contributed by atoms with Gasteiger partial charge in [-0.2, -0.15) is 0 Å². The molecule has 0 unspecified atom stereocenters. The van der Waals surface area contributed by atoms with Gasteiger partial charge in [-0.05, 0) is 18.7 Å². The quantitative estimate of drug-likeness (QED) is 0.434. The van der Waals surface area contributed by atoms with Crippen LogP contribution in [0.25, 0.3) is 0 Å². The zero-order valence-electron chi connectivity index (χ0n) is 9.41. The van der Waals surface area contributed by atoms with Gasteiger partial charge in [0.2, 0.25) is 0 Å². The minimum Gasteiger partial charge on any atom is -0.860 e. The zero-order valence-corrected chi connectivity index (χ0v) is 9.41. The van der Waals surface area contributed by atoms with Crippen molar-refractivity contribution in [2.24, 2.45) is 5.92 Å². The minimum absolute atomic E-state index is 0. The van der Waals surface area contributed by atoms with Crippen molar-refractivity contribution in [3.63, 3.8) is 0 Å². The summed E-state index contributed by atoms with van der Waals surface area (Å²) in [5.41, 5.74) is -0.341. The van der Waals surface area contributed by atoms with Gasteiger partial charge in [0.25, 0.3) is 0 Å². The van der Waals surface area contributed by atoms with E-state index in [0.717, 1.165) is 6.42 Å². The second-order valence-corrected chi connectivity index (χ2v) is 4.41. The Balaban J connectivity index is 0.000000980. The van der Waals surface area contributed by atoms with Crippen molar-refractivity contribution in [3.8, 4) is 0 Å². The molecule has 1 fully saturated rings. The van der Waals surface area contributed by atoms with Crippen molar-refractivity contribution < 1.29 is 28.7 Å². The molecule has 2 aliphatic rings. The molecule has 1 saturated heterocycles. The Morgan fingerprint density at radius 3 is 2.86 bits per heavy atom. The van der Waals surface area contributed by atoms with Crippen LogP contribution in [-0.2, 0) is 4.74 Å². The van der Waals surface area contributed by atoms with Crippen molar-refractivity contribution in [2.75, 3.05) is 6.61 Å². The predicted molar refractivity (Wildman–Crippen MR) is 47.5 cm³/mol. The Hall–Kier alpha value is -0.103. The molecule has 0 amide bonds. The van der Waals surface area contributed by atoms with Crippen molar-refractivity contribution in [1.29, 1.82) is 0 Å². The third-order valence-corrected chi connectivity index (χ3v) is 3.07. The van der Waals surface area contributed by atoms with Crippen LogP contribution in [0, 0.1) is 5.92 Å². The molecule has 0 aromatic heterocycles. The summed E-state index contributed by atoms with van der Waals surface area (Å²) >= 11 is 0. The van der Waals surface area contributed by atoms with Gasteiger partial charge in [0.05, 0.1) is 12.6 Å². The topological polar surface area (TPSA) is 35.5 Å². The molecule has 4 heteroatoms. The Bertz CT molecular complexity index is 255. The van der Waals surface area contributed by atoms with Crippen molar-refractivity contribution in [3.05, 3.63) is 12.0 Å². The normalized spacial score (nSPS) is 35.6. The number of nitrogens with zero attached hydrogens (tertiary/aromatic N) is 1. The largest absolute Gasteiger partial charge is 1.00 e. The number of hydrogen-bond donors (Lipinski definition) is 0. The fourth-order valence-corrected chi connectivity index (χ4v) is 2.18. The van der Waals surface area contributed by atoms with Crippen LogP contribution in [0.3, 0.4) is 0 Å². The summed E-state index contributed by atoms with van der Waals surface area (Å²) in [5, 5.41) is 11.6. The Kier molecular flexibility index (Phi) is 3.26. The molecule has 0 aromatic carbocycles. The van der Waals surface area contributed by atoms with E-state index in [4.69, 9.17) is 4.74 Å². The van der Waals surface area contributed by atoms with Gasteiger partial charge in [-0.1, -0.05) is 19.9 Å². The molecule has 0 N–H and O–H groups in total. The molecule has 74 valence electrons. The molecule has 0 spiro atoms. The van der Waals surface area contributed by atoms with Gasteiger partial charge < -0.3 is 14.7 Å². The van der Waals surface area contributed by atoms with Gasteiger partial charge in [0.1, 0.15) is 5.72 Å². The molecular weight excluding hydrogens is 173 g/mol. The van der Waals surface area contributed by atoms with Crippen LogP contribution in [0.5, 0.6) is 0 Å². The zero-order chi connectivity index (χ0) is 9.64. The van der Waals surface area contributed by atoms with Gasteiger partial charge >= 0.3 is 18.9 Å². The number of fused-ring (bicyclic) bond motifs is 1. The maximum absolute atomic E-state index is 11.6. The second-order valence-electron chi connectivity index (χ2n) is 4.41. The van der Waals surface area contributed by atoms with E-state index in [-0.39, 0.29) is 36.5 Å². The molecule has 2 aliphatic heterocycles. The molecule has 3 nitrogen and oxygen atoms in total. The van der Waals surface area contributed by atoms with E-state index in [0.29, 0.717) is 12.5 Å². The molecule has 0 bridgehead atoms. The van der Waals surface area contributed by atoms with E-state index in [1.165, 1.54) is 0 Å². The van der Waals surface area contributed by atoms with Gasteiger partial charge in [-0.25, -0.2) is 0 Å².